The van der Waals surface area contributed by atoms with Crippen molar-refractivity contribution in [1.82, 2.24) is 14.9 Å². The van der Waals surface area contributed by atoms with E-state index in [4.69, 9.17) is 9.47 Å². The predicted molar refractivity (Wildman–Crippen MR) is 127 cm³/mol. The van der Waals surface area contributed by atoms with E-state index in [-0.39, 0.29) is 5.97 Å². The third-order valence-electron chi connectivity index (χ3n) is 5.97. The van der Waals surface area contributed by atoms with Crippen LogP contribution >= 0.6 is 11.3 Å². The van der Waals surface area contributed by atoms with E-state index >= 15 is 0 Å². The number of rotatable bonds is 6. The summed E-state index contributed by atoms with van der Waals surface area (Å²) in [6.45, 7) is 4.36. The highest BCUT2D eigenvalue weighted by Crippen LogP contribution is 2.37. The summed E-state index contributed by atoms with van der Waals surface area (Å²) in [5.74, 6) is -0.336. The first-order chi connectivity index (χ1) is 15.7. The molecule has 0 radical (unpaired) electrons. The van der Waals surface area contributed by atoms with Gasteiger partial charge >= 0.3 is 5.97 Å². The number of ether oxygens (including phenoxy) is 2. The molecule has 1 N–H and O–H groups in total. The highest BCUT2D eigenvalue weighted by Gasteiger charge is 2.21. The van der Waals surface area contributed by atoms with Gasteiger partial charge in [0.15, 0.2) is 0 Å². The highest BCUT2D eigenvalue weighted by atomic mass is 32.1. The van der Waals surface area contributed by atoms with Crippen molar-refractivity contribution in [3.05, 3.63) is 64.7 Å². The number of hydrogen-bond acceptors (Lipinski definition) is 6. The minimum absolute atomic E-state index is 0.336. The number of aromatic amines is 1. The van der Waals surface area contributed by atoms with Crippen molar-refractivity contribution >= 4 is 28.2 Å². The molecule has 0 aliphatic carbocycles. The van der Waals surface area contributed by atoms with Gasteiger partial charge in [-0.15, -0.1) is 0 Å². The van der Waals surface area contributed by atoms with Crippen molar-refractivity contribution < 1.29 is 14.3 Å². The summed E-state index contributed by atoms with van der Waals surface area (Å²) >= 11 is 1.67. The Kier molecular flexibility index (Phi) is 6.03. The van der Waals surface area contributed by atoms with Gasteiger partial charge in [-0.3, -0.25) is 9.88 Å². The molecule has 0 bridgehead atoms. The Morgan fingerprint density at radius 2 is 2.03 bits per heavy atom. The maximum absolute atomic E-state index is 12.6. The zero-order chi connectivity index (χ0) is 21.9. The van der Waals surface area contributed by atoms with Crippen LogP contribution in [0.3, 0.4) is 0 Å². The molecule has 7 heteroatoms. The number of benzene rings is 1. The quantitative estimate of drug-likeness (QED) is 0.437. The Labute approximate surface area is 190 Å². The number of fused-ring (bicyclic) bond motifs is 1. The fraction of sp³-hybridized carbons (Fsp3) is 0.280. The minimum Gasteiger partial charge on any atom is -0.465 e. The molecule has 4 aromatic rings. The van der Waals surface area contributed by atoms with Crippen LogP contribution in [0.5, 0.6) is 0 Å². The van der Waals surface area contributed by atoms with Crippen LogP contribution in [0.1, 0.15) is 16.1 Å². The van der Waals surface area contributed by atoms with Gasteiger partial charge in [-0.2, -0.15) is 11.3 Å². The number of aromatic nitrogens is 2. The maximum atomic E-state index is 12.6. The molecule has 0 spiro atoms. The van der Waals surface area contributed by atoms with Crippen LogP contribution in [0.2, 0.25) is 0 Å². The first kappa shape index (κ1) is 20.9. The predicted octanol–water partition coefficient (Wildman–Crippen LogP) is 4.62. The number of methoxy groups -OCH3 is 1. The number of nitrogens with zero attached hydrogens (tertiary/aromatic N) is 2. The van der Waals surface area contributed by atoms with Gasteiger partial charge in [-0.25, -0.2) is 4.79 Å². The van der Waals surface area contributed by atoms with Gasteiger partial charge in [0.1, 0.15) is 0 Å². The summed E-state index contributed by atoms with van der Waals surface area (Å²) < 4.78 is 10.6. The summed E-state index contributed by atoms with van der Waals surface area (Å²) in [4.78, 5) is 23.1. The molecule has 1 fully saturated rings. The first-order valence-corrected chi connectivity index (χ1v) is 11.7. The molecule has 6 nitrogen and oxygen atoms in total. The fourth-order valence-electron chi connectivity index (χ4n) is 4.35. The molecule has 3 aromatic heterocycles. The molecule has 0 amide bonds. The first-order valence-electron chi connectivity index (χ1n) is 10.7. The second-order valence-electron chi connectivity index (χ2n) is 7.88. The number of thiophene rings is 1. The second-order valence-corrected chi connectivity index (χ2v) is 8.66. The van der Waals surface area contributed by atoms with Gasteiger partial charge in [-0.05, 0) is 40.6 Å². The Balaban J connectivity index is 1.63. The van der Waals surface area contributed by atoms with Crippen LogP contribution in [0, 0.1) is 0 Å². The summed E-state index contributed by atoms with van der Waals surface area (Å²) in [6.07, 6.45) is 4.60. The van der Waals surface area contributed by atoms with Crippen molar-refractivity contribution in [1.29, 1.82) is 0 Å². The summed E-state index contributed by atoms with van der Waals surface area (Å²) in [7, 11) is 1.42. The number of carbonyl (C=O) groups is 1. The molecule has 0 atom stereocenters. The SMILES string of the molecule is COC(=O)c1cccc2[nH]c(CCN3CCOCC3)c(-c3cncc(-c4ccsc4)c3)c12. The van der Waals surface area contributed by atoms with Crippen LogP contribution in [0.4, 0.5) is 0 Å². The van der Waals surface area contributed by atoms with Gasteiger partial charge in [0.25, 0.3) is 0 Å². The fourth-order valence-corrected chi connectivity index (χ4v) is 5.01. The van der Waals surface area contributed by atoms with Crippen molar-refractivity contribution in [3.8, 4) is 22.3 Å². The third kappa shape index (κ3) is 4.07. The molecule has 164 valence electrons. The third-order valence-corrected chi connectivity index (χ3v) is 6.65. The Hall–Kier alpha value is -3.00. The molecule has 32 heavy (non-hydrogen) atoms. The van der Waals surface area contributed by atoms with E-state index < -0.39 is 0 Å². The van der Waals surface area contributed by atoms with Gasteiger partial charge in [-0.1, -0.05) is 6.07 Å². The molecular formula is C25H25N3O3S. The molecule has 4 heterocycles. The lowest BCUT2D eigenvalue weighted by Gasteiger charge is -2.26. The lowest BCUT2D eigenvalue weighted by Crippen LogP contribution is -2.37. The van der Waals surface area contributed by atoms with Crippen LogP contribution in [0.25, 0.3) is 33.2 Å². The normalized spacial score (nSPS) is 14.7. The molecule has 1 aromatic carbocycles. The Morgan fingerprint density at radius 1 is 1.19 bits per heavy atom. The number of H-pyrrole nitrogens is 1. The zero-order valence-electron chi connectivity index (χ0n) is 18.0. The summed E-state index contributed by atoms with van der Waals surface area (Å²) in [5.41, 5.74) is 6.83. The van der Waals surface area contributed by atoms with Crippen LogP contribution in [-0.4, -0.2) is 60.8 Å². The van der Waals surface area contributed by atoms with Crippen molar-refractivity contribution in [3.63, 3.8) is 0 Å². The van der Waals surface area contributed by atoms with Crippen molar-refractivity contribution in [2.75, 3.05) is 40.0 Å². The molecule has 0 saturated carbocycles. The number of morpholine rings is 1. The molecule has 0 unspecified atom stereocenters. The second kappa shape index (κ2) is 9.24. The van der Waals surface area contributed by atoms with Crippen LogP contribution in [-0.2, 0) is 15.9 Å². The average molecular weight is 448 g/mol. The van der Waals surface area contributed by atoms with E-state index in [0.717, 1.165) is 78.1 Å². The minimum atomic E-state index is -0.336. The number of pyridine rings is 1. The average Bonchev–Trinajstić information content (AvgIpc) is 3.51. The molecule has 5 rings (SSSR count). The number of carbonyl (C=O) groups excluding carboxylic acids is 1. The standard InChI is InChI=1S/C25H25N3O3S/c1-30-25(29)20-3-2-4-21-24(20)23(22(27-21)5-7-28-8-10-31-11-9-28)19-13-18(14-26-15-19)17-6-12-32-16-17/h2-4,6,12-16,27H,5,7-11H2,1H3. The molecule has 1 aliphatic rings. The van der Waals surface area contributed by atoms with Gasteiger partial charge in [0.05, 0.1) is 25.9 Å². The van der Waals surface area contributed by atoms with E-state index in [2.05, 4.69) is 37.8 Å². The van der Waals surface area contributed by atoms with Crippen molar-refractivity contribution in [2.24, 2.45) is 0 Å². The smallest absolute Gasteiger partial charge is 0.338 e. The van der Waals surface area contributed by atoms with E-state index in [1.807, 2.05) is 30.6 Å². The van der Waals surface area contributed by atoms with E-state index in [1.165, 1.54) is 7.11 Å². The van der Waals surface area contributed by atoms with E-state index in [1.54, 1.807) is 11.3 Å². The number of nitrogens with one attached hydrogen (secondary N) is 1. The lowest BCUT2D eigenvalue weighted by atomic mass is 9.96. The van der Waals surface area contributed by atoms with E-state index in [9.17, 15) is 4.79 Å². The summed E-state index contributed by atoms with van der Waals surface area (Å²) in [6, 6.07) is 9.98. The molecular weight excluding hydrogens is 422 g/mol. The van der Waals surface area contributed by atoms with Gasteiger partial charge in [0, 0.05) is 71.7 Å². The summed E-state index contributed by atoms with van der Waals surface area (Å²) in [5, 5.41) is 5.08. The molecule has 1 aliphatic heterocycles. The number of hydrogen-bond donors (Lipinski definition) is 1. The molecule has 1 saturated heterocycles. The highest BCUT2D eigenvalue weighted by molar-refractivity contribution is 7.08. The zero-order valence-corrected chi connectivity index (χ0v) is 18.8. The van der Waals surface area contributed by atoms with Crippen LogP contribution in [0.15, 0.2) is 53.5 Å². The number of esters is 1. The maximum Gasteiger partial charge on any atom is 0.338 e. The monoisotopic (exact) mass is 447 g/mol. The topological polar surface area (TPSA) is 67.5 Å². The van der Waals surface area contributed by atoms with Crippen LogP contribution < -0.4 is 0 Å². The Morgan fingerprint density at radius 3 is 2.81 bits per heavy atom. The van der Waals surface area contributed by atoms with E-state index in [0.29, 0.717) is 5.56 Å². The lowest BCUT2D eigenvalue weighted by molar-refractivity contribution is 0.0383. The van der Waals surface area contributed by atoms with Gasteiger partial charge < -0.3 is 14.5 Å². The van der Waals surface area contributed by atoms with Gasteiger partial charge in [0.2, 0.25) is 0 Å². The Bertz CT molecular complexity index is 1230. The van der Waals surface area contributed by atoms with Crippen molar-refractivity contribution in [2.45, 2.75) is 6.42 Å². The largest absolute Gasteiger partial charge is 0.465 e.